The lowest BCUT2D eigenvalue weighted by atomic mass is 9.49. The predicted octanol–water partition coefficient (Wildman–Crippen LogP) is 4.81. The molecule has 1 nitrogen and oxygen atoms in total. The predicted molar refractivity (Wildman–Crippen MR) is 88.7 cm³/mol. The van der Waals surface area contributed by atoms with E-state index in [1.165, 1.54) is 29.5 Å². The summed E-state index contributed by atoms with van der Waals surface area (Å²) in [6, 6.07) is 7.00. The molecule has 1 N–H and O–H groups in total. The lowest BCUT2D eigenvalue weighted by molar-refractivity contribution is -0.0591. The van der Waals surface area contributed by atoms with Crippen molar-refractivity contribution in [3.63, 3.8) is 0 Å². The highest BCUT2D eigenvalue weighted by atomic mass is 16.3. The minimum Gasteiger partial charge on any atom is -0.392 e. The summed E-state index contributed by atoms with van der Waals surface area (Å²) in [4.78, 5) is 0. The van der Waals surface area contributed by atoms with Crippen LogP contribution in [0.15, 0.2) is 18.2 Å². The van der Waals surface area contributed by atoms with Gasteiger partial charge in [0.15, 0.2) is 0 Å². The standard InChI is InChI=1S/C20H30O/c1-13(2)14-6-8-16-15(12-14)7-9-17-19(3,4)11-10-18(21)20(16,17)5/h6,8,12-13,17-18,21H,7,9-11H2,1-5H3/t17?,18?,20-/m1/s1. The van der Waals surface area contributed by atoms with Gasteiger partial charge in [0.25, 0.3) is 0 Å². The molecule has 0 aromatic heterocycles. The van der Waals surface area contributed by atoms with E-state index in [0.717, 1.165) is 12.8 Å². The Balaban J connectivity index is 2.11. The second-order valence-electron chi connectivity index (χ2n) is 8.49. The summed E-state index contributed by atoms with van der Waals surface area (Å²) in [5.41, 5.74) is 4.60. The Labute approximate surface area is 129 Å². The first-order valence-electron chi connectivity index (χ1n) is 8.58. The zero-order valence-electron chi connectivity index (χ0n) is 14.2. The van der Waals surface area contributed by atoms with Crippen LogP contribution >= 0.6 is 0 Å². The summed E-state index contributed by atoms with van der Waals surface area (Å²) in [5, 5.41) is 10.8. The second kappa shape index (κ2) is 4.84. The highest BCUT2D eigenvalue weighted by Gasteiger charge is 2.54. The molecule has 2 aliphatic rings. The van der Waals surface area contributed by atoms with E-state index in [0.29, 0.717) is 17.3 Å². The van der Waals surface area contributed by atoms with Crippen LogP contribution in [-0.2, 0) is 11.8 Å². The van der Waals surface area contributed by atoms with Gasteiger partial charge >= 0.3 is 0 Å². The molecule has 1 fully saturated rings. The van der Waals surface area contributed by atoms with Crippen molar-refractivity contribution in [2.75, 3.05) is 0 Å². The van der Waals surface area contributed by atoms with Crippen molar-refractivity contribution >= 4 is 0 Å². The van der Waals surface area contributed by atoms with Crippen LogP contribution in [0.5, 0.6) is 0 Å². The van der Waals surface area contributed by atoms with Crippen LogP contribution in [0.1, 0.15) is 76.5 Å². The number of hydrogen-bond donors (Lipinski definition) is 1. The average Bonchev–Trinajstić information content (AvgIpc) is 2.43. The Morgan fingerprint density at radius 2 is 1.86 bits per heavy atom. The van der Waals surface area contributed by atoms with Crippen molar-refractivity contribution in [2.24, 2.45) is 11.3 Å². The molecule has 3 atom stereocenters. The van der Waals surface area contributed by atoms with E-state index in [2.05, 4.69) is 52.8 Å². The van der Waals surface area contributed by atoms with E-state index in [9.17, 15) is 5.11 Å². The van der Waals surface area contributed by atoms with Crippen LogP contribution in [0, 0.1) is 11.3 Å². The lowest BCUT2D eigenvalue weighted by Crippen LogP contribution is -2.55. The fourth-order valence-corrected chi connectivity index (χ4v) is 5.09. The van der Waals surface area contributed by atoms with Gasteiger partial charge in [-0.3, -0.25) is 0 Å². The number of fused-ring (bicyclic) bond motifs is 3. The van der Waals surface area contributed by atoms with Crippen molar-refractivity contribution in [1.29, 1.82) is 0 Å². The maximum absolute atomic E-state index is 10.8. The van der Waals surface area contributed by atoms with Gasteiger partial charge in [0.05, 0.1) is 6.10 Å². The highest BCUT2D eigenvalue weighted by molar-refractivity contribution is 5.43. The Morgan fingerprint density at radius 3 is 2.52 bits per heavy atom. The Bertz CT molecular complexity index is 543. The van der Waals surface area contributed by atoms with Gasteiger partial charge in [-0.1, -0.05) is 52.8 Å². The molecule has 0 heterocycles. The van der Waals surface area contributed by atoms with Crippen LogP contribution in [0.4, 0.5) is 0 Å². The molecule has 0 saturated heterocycles. The van der Waals surface area contributed by atoms with E-state index >= 15 is 0 Å². The quantitative estimate of drug-likeness (QED) is 0.785. The fourth-order valence-electron chi connectivity index (χ4n) is 5.09. The van der Waals surface area contributed by atoms with Gasteiger partial charge < -0.3 is 5.11 Å². The van der Waals surface area contributed by atoms with Crippen LogP contribution in [0.2, 0.25) is 0 Å². The molecule has 0 amide bonds. The molecule has 1 saturated carbocycles. The molecule has 116 valence electrons. The summed E-state index contributed by atoms with van der Waals surface area (Å²) in [7, 11) is 0. The SMILES string of the molecule is CC(C)c1ccc2c(c1)CCC1C(C)(C)CCC(O)[C@]21C. The van der Waals surface area contributed by atoms with Gasteiger partial charge in [-0.2, -0.15) is 0 Å². The molecule has 21 heavy (non-hydrogen) atoms. The van der Waals surface area contributed by atoms with Gasteiger partial charge in [0, 0.05) is 5.41 Å². The molecule has 1 aromatic rings. The first-order valence-corrected chi connectivity index (χ1v) is 8.58. The largest absolute Gasteiger partial charge is 0.392 e. The second-order valence-corrected chi connectivity index (χ2v) is 8.49. The van der Waals surface area contributed by atoms with Gasteiger partial charge in [-0.25, -0.2) is 0 Å². The summed E-state index contributed by atoms with van der Waals surface area (Å²) in [5.74, 6) is 1.17. The number of benzene rings is 1. The third-order valence-corrected chi connectivity index (χ3v) is 6.50. The molecule has 0 radical (unpaired) electrons. The molecular formula is C20H30O. The zero-order valence-corrected chi connectivity index (χ0v) is 14.2. The Morgan fingerprint density at radius 1 is 1.14 bits per heavy atom. The first kappa shape index (κ1) is 15.1. The molecule has 2 aliphatic carbocycles. The summed E-state index contributed by atoms with van der Waals surface area (Å²) < 4.78 is 0. The van der Waals surface area contributed by atoms with Crippen molar-refractivity contribution < 1.29 is 5.11 Å². The van der Waals surface area contributed by atoms with Crippen molar-refractivity contribution in [3.8, 4) is 0 Å². The molecule has 2 unspecified atom stereocenters. The smallest absolute Gasteiger partial charge is 0.0637 e. The maximum Gasteiger partial charge on any atom is 0.0637 e. The summed E-state index contributed by atoms with van der Waals surface area (Å²) in [6.07, 6.45) is 4.28. The summed E-state index contributed by atoms with van der Waals surface area (Å²) >= 11 is 0. The van der Waals surface area contributed by atoms with E-state index in [-0.39, 0.29) is 11.5 Å². The molecule has 0 aliphatic heterocycles. The van der Waals surface area contributed by atoms with Gasteiger partial charge in [0.2, 0.25) is 0 Å². The van der Waals surface area contributed by atoms with E-state index < -0.39 is 0 Å². The minimum atomic E-state index is -0.195. The Kier molecular flexibility index (Phi) is 3.48. The normalized spacial score (nSPS) is 34.4. The molecule has 1 aromatic carbocycles. The highest BCUT2D eigenvalue weighted by Crippen LogP contribution is 2.57. The van der Waals surface area contributed by atoms with Gasteiger partial charge in [-0.15, -0.1) is 0 Å². The number of rotatable bonds is 1. The molecule has 0 spiro atoms. The molecular weight excluding hydrogens is 256 g/mol. The molecule has 1 heteroatoms. The van der Waals surface area contributed by atoms with Crippen molar-refractivity contribution in [1.82, 2.24) is 0 Å². The fraction of sp³-hybridized carbons (Fsp3) is 0.700. The Hall–Kier alpha value is -0.820. The number of aryl methyl sites for hydroxylation is 1. The maximum atomic E-state index is 10.8. The van der Waals surface area contributed by atoms with Crippen molar-refractivity contribution in [2.45, 2.75) is 77.7 Å². The first-order chi connectivity index (χ1) is 9.76. The number of aliphatic hydroxyl groups is 1. The van der Waals surface area contributed by atoms with Gasteiger partial charge in [0.1, 0.15) is 0 Å². The molecule has 0 bridgehead atoms. The topological polar surface area (TPSA) is 20.2 Å². The van der Waals surface area contributed by atoms with Crippen molar-refractivity contribution in [3.05, 3.63) is 34.9 Å². The minimum absolute atomic E-state index is 0.0646. The van der Waals surface area contributed by atoms with Crippen LogP contribution < -0.4 is 0 Å². The van der Waals surface area contributed by atoms with Crippen LogP contribution in [0.25, 0.3) is 0 Å². The lowest BCUT2D eigenvalue weighted by Gasteiger charge is -2.56. The van der Waals surface area contributed by atoms with Crippen LogP contribution in [0.3, 0.4) is 0 Å². The van der Waals surface area contributed by atoms with Gasteiger partial charge in [-0.05, 0) is 59.6 Å². The van der Waals surface area contributed by atoms with E-state index in [1.54, 1.807) is 0 Å². The molecule has 3 rings (SSSR count). The number of hydrogen-bond acceptors (Lipinski definition) is 1. The summed E-state index contributed by atoms with van der Waals surface area (Å²) in [6.45, 7) is 11.6. The number of aliphatic hydroxyl groups excluding tert-OH is 1. The average molecular weight is 286 g/mol. The zero-order chi connectivity index (χ0) is 15.4. The monoisotopic (exact) mass is 286 g/mol. The van der Waals surface area contributed by atoms with E-state index in [1.807, 2.05) is 0 Å². The van der Waals surface area contributed by atoms with Crippen LogP contribution in [-0.4, -0.2) is 11.2 Å². The third-order valence-electron chi connectivity index (χ3n) is 6.50. The van der Waals surface area contributed by atoms with E-state index in [4.69, 9.17) is 0 Å². The third kappa shape index (κ3) is 2.16.